The number of nitrogens with zero attached hydrogens (tertiary/aromatic N) is 1. The Balaban J connectivity index is 2.28. The van der Waals surface area contributed by atoms with E-state index >= 15 is 0 Å². The highest BCUT2D eigenvalue weighted by Crippen LogP contribution is 2.25. The van der Waals surface area contributed by atoms with Crippen molar-refractivity contribution in [3.8, 4) is 0 Å². The highest BCUT2D eigenvalue weighted by Gasteiger charge is 2.30. The van der Waals surface area contributed by atoms with Crippen LogP contribution in [0.2, 0.25) is 15.1 Å². The van der Waals surface area contributed by atoms with Crippen LogP contribution in [0.3, 0.4) is 0 Å². The molecule has 7 heteroatoms. The molecule has 1 N–H and O–H groups in total. The molecule has 0 aliphatic heterocycles. The van der Waals surface area contributed by atoms with E-state index in [1.165, 1.54) is 0 Å². The number of aryl methyl sites for hydroxylation is 1. The van der Waals surface area contributed by atoms with Crippen LogP contribution in [0.15, 0.2) is 42.5 Å². The van der Waals surface area contributed by atoms with Crippen molar-refractivity contribution in [3.05, 3.63) is 68.7 Å². The van der Waals surface area contributed by atoms with Gasteiger partial charge in [0.25, 0.3) is 0 Å². The van der Waals surface area contributed by atoms with Gasteiger partial charge in [-0.25, -0.2) is 0 Å². The van der Waals surface area contributed by atoms with Gasteiger partial charge in [0.2, 0.25) is 11.8 Å². The minimum atomic E-state index is -0.604. The zero-order valence-corrected chi connectivity index (χ0v) is 20.6. The summed E-state index contributed by atoms with van der Waals surface area (Å²) in [6.45, 7) is 7.91. The molecule has 4 nitrogen and oxygen atoms in total. The third-order valence-electron chi connectivity index (χ3n) is 4.79. The van der Waals surface area contributed by atoms with Crippen LogP contribution < -0.4 is 5.32 Å². The quantitative estimate of drug-likeness (QED) is 0.479. The molecule has 2 aromatic carbocycles. The molecule has 0 spiro atoms. The molecule has 31 heavy (non-hydrogen) atoms. The number of carbonyl (C=O) groups is 2. The average molecular weight is 484 g/mol. The molecule has 1 atom stereocenters. The molecule has 2 aromatic rings. The minimum Gasteiger partial charge on any atom is -0.350 e. The maximum absolute atomic E-state index is 13.3. The van der Waals surface area contributed by atoms with E-state index in [-0.39, 0.29) is 24.8 Å². The smallest absolute Gasteiger partial charge is 0.243 e. The van der Waals surface area contributed by atoms with Gasteiger partial charge in [0.05, 0.1) is 10.0 Å². The fraction of sp³-hybridized carbons (Fsp3) is 0.417. The molecule has 0 aliphatic carbocycles. The van der Waals surface area contributed by atoms with Crippen molar-refractivity contribution >= 4 is 46.6 Å². The zero-order valence-electron chi connectivity index (χ0n) is 18.3. The lowest BCUT2D eigenvalue weighted by Gasteiger charge is -2.33. The van der Waals surface area contributed by atoms with Gasteiger partial charge in [0.15, 0.2) is 0 Å². The SMILES string of the molecule is CC[C@@H](C(=O)NC(C)(C)C)N(Cc1ccc(Cl)c(Cl)c1)C(=O)CCc1ccccc1Cl. The summed E-state index contributed by atoms with van der Waals surface area (Å²) in [7, 11) is 0. The minimum absolute atomic E-state index is 0.123. The molecule has 0 aromatic heterocycles. The fourth-order valence-electron chi connectivity index (χ4n) is 3.29. The molecule has 168 valence electrons. The van der Waals surface area contributed by atoms with Crippen molar-refractivity contribution in [3.63, 3.8) is 0 Å². The van der Waals surface area contributed by atoms with E-state index in [1.807, 2.05) is 52.0 Å². The Morgan fingerprint density at radius 2 is 1.68 bits per heavy atom. The first-order valence-corrected chi connectivity index (χ1v) is 11.4. The van der Waals surface area contributed by atoms with Crippen molar-refractivity contribution in [2.45, 2.75) is 65.1 Å². The maximum Gasteiger partial charge on any atom is 0.243 e. The van der Waals surface area contributed by atoms with Gasteiger partial charge in [-0.2, -0.15) is 0 Å². The van der Waals surface area contributed by atoms with Crippen LogP contribution in [-0.2, 0) is 22.6 Å². The Bertz CT molecular complexity index is 925. The van der Waals surface area contributed by atoms with Crippen molar-refractivity contribution in [2.24, 2.45) is 0 Å². The molecular formula is C24H29Cl3N2O2. The third kappa shape index (κ3) is 7.71. The number of amides is 2. The second-order valence-corrected chi connectivity index (χ2v) is 9.75. The van der Waals surface area contributed by atoms with Gasteiger partial charge in [-0.15, -0.1) is 0 Å². The Morgan fingerprint density at radius 3 is 2.26 bits per heavy atom. The summed E-state index contributed by atoms with van der Waals surface area (Å²) in [4.78, 5) is 27.9. The second-order valence-electron chi connectivity index (χ2n) is 8.52. The zero-order chi connectivity index (χ0) is 23.2. The number of carbonyl (C=O) groups excluding carboxylic acids is 2. The first-order valence-electron chi connectivity index (χ1n) is 10.3. The van der Waals surface area contributed by atoms with E-state index in [0.717, 1.165) is 11.1 Å². The summed E-state index contributed by atoms with van der Waals surface area (Å²) >= 11 is 18.5. The first-order chi connectivity index (χ1) is 14.5. The van der Waals surface area contributed by atoms with Crippen molar-refractivity contribution < 1.29 is 9.59 Å². The molecule has 0 fully saturated rings. The van der Waals surface area contributed by atoms with Crippen molar-refractivity contribution in [1.29, 1.82) is 0 Å². The van der Waals surface area contributed by atoms with E-state index in [9.17, 15) is 9.59 Å². The number of rotatable bonds is 8. The van der Waals surface area contributed by atoms with Crippen LogP contribution in [0.5, 0.6) is 0 Å². The van der Waals surface area contributed by atoms with Crippen LogP contribution in [0, 0.1) is 0 Å². The van der Waals surface area contributed by atoms with Gasteiger partial charge < -0.3 is 10.2 Å². The highest BCUT2D eigenvalue weighted by molar-refractivity contribution is 6.42. The standard InChI is InChI=1S/C24H29Cl3N2O2/c1-5-21(23(31)28-24(2,3)4)29(15-16-10-12-19(26)20(27)14-16)22(30)13-11-17-8-6-7-9-18(17)25/h6-10,12,14,21H,5,11,13,15H2,1-4H3,(H,28,31)/t21-/m0/s1. The van der Waals surface area contributed by atoms with Crippen LogP contribution in [0.1, 0.15) is 51.7 Å². The number of hydrogen-bond acceptors (Lipinski definition) is 2. The highest BCUT2D eigenvalue weighted by atomic mass is 35.5. The Labute approximate surface area is 199 Å². The largest absolute Gasteiger partial charge is 0.350 e. The number of benzene rings is 2. The maximum atomic E-state index is 13.3. The molecule has 2 rings (SSSR count). The van der Waals surface area contributed by atoms with E-state index in [4.69, 9.17) is 34.8 Å². The molecule has 0 saturated heterocycles. The normalized spacial score (nSPS) is 12.4. The number of halogens is 3. The summed E-state index contributed by atoms with van der Waals surface area (Å²) in [6.07, 6.45) is 1.22. The molecule has 0 unspecified atom stereocenters. The second kappa shape index (κ2) is 11.2. The van der Waals surface area contributed by atoms with Gasteiger partial charge in [-0.1, -0.05) is 66.0 Å². The van der Waals surface area contributed by atoms with E-state index in [0.29, 0.717) is 27.9 Å². The monoisotopic (exact) mass is 482 g/mol. The summed E-state index contributed by atoms with van der Waals surface area (Å²) in [5.41, 5.74) is 1.31. The van der Waals surface area contributed by atoms with Gasteiger partial charge in [0.1, 0.15) is 6.04 Å². The molecule has 0 aliphatic rings. The van der Waals surface area contributed by atoms with Crippen LogP contribution in [-0.4, -0.2) is 28.3 Å². The lowest BCUT2D eigenvalue weighted by molar-refractivity contribution is -0.142. The summed E-state index contributed by atoms with van der Waals surface area (Å²) in [6, 6.07) is 12.1. The van der Waals surface area contributed by atoms with Crippen LogP contribution >= 0.6 is 34.8 Å². The molecule has 0 heterocycles. The lowest BCUT2D eigenvalue weighted by Crippen LogP contribution is -2.53. The summed E-state index contributed by atoms with van der Waals surface area (Å²) in [5, 5.41) is 4.48. The van der Waals surface area contributed by atoms with E-state index in [1.54, 1.807) is 23.1 Å². The average Bonchev–Trinajstić information content (AvgIpc) is 2.68. The summed E-state index contributed by atoms with van der Waals surface area (Å²) in [5.74, 6) is -0.303. The number of hydrogen-bond donors (Lipinski definition) is 1. The van der Waals surface area contributed by atoms with Crippen LogP contribution in [0.25, 0.3) is 0 Å². The molecule has 0 radical (unpaired) electrons. The predicted molar refractivity (Wildman–Crippen MR) is 129 cm³/mol. The Morgan fingerprint density at radius 1 is 1.00 bits per heavy atom. The molecule has 0 saturated carbocycles. The first kappa shape index (κ1) is 25.5. The predicted octanol–water partition coefficient (Wildman–Crippen LogP) is 6.30. The third-order valence-corrected chi connectivity index (χ3v) is 5.89. The fourth-order valence-corrected chi connectivity index (χ4v) is 3.84. The van der Waals surface area contributed by atoms with E-state index < -0.39 is 11.6 Å². The number of nitrogens with one attached hydrogen (secondary N) is 1. The van der Waals surface area contributed by atoms with Gasteiger partial charge >= 0.3 is 0 Å². The Kier molecular flexibility index (Phi) is 9.23. The van der Waals surface area contributed by atoms with Gasteiger partial charge in [-0.3, -0.25) is 9.59 Å². The molecule has 2 amide bonds. The topological polar surface area (TPSA) is 49.4 Å². The van der Waals surface area contributed by atoms with Gasteiger partial charge in [-0.05, 0) is 62.9 Å². The van der Waals surface area contributed by atoms with E-state index in [2.05, 4.69) is 5.32 Å². The van der Waals surface area contributed by atoms with Crippen LogP contribution in [0.4, 0.5) is 0 Å². The molecular weight excluding hydrogens is 455 g/mol. The van der Waals surface area contributed by atoms with Gasteiger partial charge in [0, 0.05) is 23.5 Å². The molecule has 0 bridgehead atoms. The Hall–Kier alpha value is -1.75. The van der Waals surface area contributed by atoms with Crippen molar-refractivity contribution in [1.82, 2.24) is 10.2 Å². The lowest BCUT2D eigenvalue weighted by atomic mass is 10.0. The van der Waals surface area contributed by atoms with Crippen molar-refractivity contribution in [2.75, 3.05) is 0 Å². The summed E-state index contributed by atoms with van der Waals surface area (Å²) < 4.78 is 0.